The van der Waals surface area contributed by atoms with Gasteiger partial charge in [0.05, 0.1) is 0 Å². The van der Waals surface area contributed by atoms with E-state index in [1.54, 1.807) is 36.4 Å². The van der Waals surface area contributed by atoms with Crippen molar-refractivity contribution >= 4 is 34.8 Å². The summed E-state index contributed by atoms with van der Waals surface area (Å²) in [6.45, 7) is 0. The second-order valence-electron chi connectivity index (χ2n) is 5.75. The van der Waals surface area contributed by atoms with Crippen LogP contribution in [0.5, 0.6) is 0 Å². The Morgan fingerprint density at radius 2 is 1.31 bits per heavy atom. The van der Waals surface area contributed by atoms with E-state index in [-0.39, 0.29) is 18.2 Å². The van der Waals surface area contributed by atoms with Crippen LogP contribution in [0.25, 0.3) is 0 Å². The topological polar surface area (TPSA) is 58.2 Å². The lowest BCUT2D eigenvalue weighted by Gasteiger charge is -2.08. The van der Waals surface area contributed by atoms with Crippen LogP contribution in [0, 0.1) is 0 Å². The molecule has 5 heteroatoms. The number of anilines is 2. The van der Waals surface area contributed by atoms with Gasteiger partial charge in [0.25, 0.3) is 0 Å². The molecule has 2 amide bonds. The summed E-state index contributed by atoms with van der Waals surface area (Å²) >= 11 is 5.84. The zero-order valence-corrected chi connectivity index (χ0v) is 14.7. The maximum Gasteiger partial charge on any atom is 0.323 e. The molecule has 130 valence electrons. The van der Waals surface area contributed by atoms with Crippen molar-refractivity contribution in [3.63, 3.8) is 0 Å². The molecule has 0 unspecified atom stereocenters. The van der Waals surface area contributed by atoms with Gasteiger partial charge in [-0.25, -0.2) is 4.79 Å². The molecular formula is C21H17ClN2O2. The number of benzene rings is 3. The van der Waals surface area contributed by atoms with Gasteiger partial charge in [-0.15, -0.1) is 0 Å². The molecule has 2 N–H and O–H groups in total. The monoisotopic (exact) mass is 364 g/mol. The molecule has 3 aromatic rings. The van der Waals surface area contributed by atoms with Gasteiger partial charge in [-0.2, -0.15) is 0 Å². The molecule has 0 heterocycles. The van der Waals surface area contributed by atoms with Crippen LogP contribution in [0.3, 0.4) is 0 Å². The van der Waals surface area contributed by atoms with Crippen molar-refractivity contribution in [1.82, 2.24) is 0 Å². The van der Waals surface area contributed by atoms with E-state index in [1.165, 1.54) is 0 Å². The number of halogens is 1. The van der Waals surface area contributed by atoms with E-state index in [0.717, 1.165) is 11.3 Å². The maximum atomic E-state index is 12.3. The molecular weight excluding hydrogens is 348 g/mol. The zero-order chi connectivity index (χ0) is 18.4. The van der Waals surface area contributed by atoms with Gasteiger partial charge in [0, 0.05) is 28.4 Å². The highest BCUT2D eigenvalue weighted by Gasteiger charge is 2.08. The fraction of sp³-hybridized carbons (Fsp3) is 0.0476. The molecule has 0 aliphatic heterocycles. The molecule has 0 radical (unpaired) electrons. The van der Waals surface area contributed by atoms with E-state index in [4.69, 9.17) is 11.6 Å². The lowest BCUT2D eigenvalue weighted by Crippen LogP contribution is -2.19. The Morgan fingerprint density at radius 3 is 1.92 bits per heavy atom. The highest BCUT2D eigenvalue weighted by molar-refractivity contribution is 6.30. The molecule has 0 saturated carbocycles. The number of rotatable bonds is 5. The Kier molecular flexibility index (Phi) is 5.66. The van der Waals surface area contributed by atoms with Crippen LogP contribution in [0.2, 0.25) is 5.02 Å². The molecule has 0 fully saturated rings. The number of hydrogen-bond acceptors (Lipinski definition) is 2. The van der Waals surface area contributed by atoms with Crippen LogP contribution < -0.4 is 10.6 Å². The van der Waals surface area contributed by atoms with E-state index in [1.807, 2.05) is 42.5 Å². The minimum Gasteiger partial charge on any atom is -0.308 e. The van der Waals surface area contributed by atoms with Gasteiger partial charge >= 0.3 is 6.03 Å². The van der Waals surface area contributed by atoms with Crippen LogP contribution >= 0.6 is 11.6 Å². The normalized spacial score (nSPS) is 10.2. The lowest BCUT2D eigenvalue weighted by molar-refractivity contribution is 0.0993. The fourth-order valence-corrected chi connectivity index (χ4v) is 2.57. The van der Waals surface area contributed by atoms with Gasteiger partial charge in [-0.05, 0) is 54.1 Å². The van der Waals surface area contributed by atoms with Crippen LogP contribution in [-0.2, 0) is 6.42 Å². The van der Waals surface area contributed by atoms with E-state index in [0.29, 0.717) is 16.3 Å². The van der Waals surface area contributed by atoms with E-state index < -0.39 is 0 Å². The van der Waals surface area contributed by atoms with Crippen molar-refractivity contribution in [2.75, 3.05) is 10.6 Å². The Morgan fingerprint density at radius 1 is 0.731 bits per heavy atom. The van der Waals surface area contributed by atoms with E-state index >= 15 is 0 Å². The number of amides is 2. The summed E-state index contributed by atoms with van der Waals surface area (Å²) in [7, 11) is 0. The molecule has 4 nitrogen and oxygen atoms in total. The Hall–Kier alpha value is -3.11. The predicted octanol–water partition coefficient (Wildman–Crippen LogP) is 5.41. The van der Waals surface area contributed by atoms with Crippen molar-refractivity contribution in [3.05, 3.63) is 95.0 Å². The summed E-state index contributed by atoms with van der Waals surface area (Å²) in [4.78, 5) is 24.2. The number of ketones is 1. The van der Waals surface area contributed by atoms with Gasteiger partial charge < -0.3 is 10.6 Å². The first-order valence-electron chi connectivity index (χ1n) is 8.11. The number of carbonyl (C=O) groups excluding carboxylic acids is 2. The van der Waals surface area contributed by atoms with Gasteiger partial charge in [0.2, 0.25) is 0 Å². The van der Waals surface area contributed by atoms with Crippen molar-refractivity contribution < 1.29 is 9.59 Å². The van der Waals surface area contributed by atoms with Gasteiger partial charge in [-0.3, -0.25) is 4.79 Å². The summed E-state index contributed by atoms with van der Waals surface area (Å²) in [5.41, 5.74) is 2.87. The SMILES string of the molecule is O=C(Nc1ccccc1)Nc1ccc(CC(=O)c2ccc(Cl)cc2)cc1. The minimum atomic E-state index is -0.318. The average molecular weight is 365 g/mol. The standard InChI is InChI=1S/C21H17ClN2O2/c22-17-10-8-16(9-11-17)20(25)14-15-6-12-19(13-7-15)24-21(26)23-18-4-2-1-3-5-18/h1-13H,14H2,(H2,23,24,26). The second-order valence-corrected chi connectivity index (χ2v) is 6.19. The Balaban J connectivity index is 1.57. The second kappa shape index (κ2) is 8.32. The number of Topliss-reactive ketones (excluding diaryl/α,β-unsaturated/α-hetero) is 1. The molecule has 26 heavy (non-hydrogen) atoms. The summed E-state index contributed by atoms with van der Waals surface area (Å²) in [6, 6.07) is 22.9. The zero-order valence-electron chi connectivity index (χ0n) is 13.9. The third-order valence-electron chi connectivity index (χ3n) is 3.77. The number of carbonyl (C=O) groups is 2. The van der Waals surface area contributed by atoms with Crippen molar-refractivity contribution in [1.29, 1.82) is 0 Å². The first-order valence-corrected chi connectivity index (χ1v) is 8.49. The molecule has 0 spiro atoms. The Labute approximate surface area is 156 Å². The van der Waals surface area contributed by atoms with Crippen LogP contribution in [0.4, 0.5) is 16.2 Å². The largest absolute Gasteiger partial charge is 0.323 e. The third-order valence-corrected chi connectivity index (χ3v) is 4.03. The van der Waals surface area contributed by atoms with Crippen molar-refractivity contribution in [2.45, 2.75) is 6.42 Å². The molecule has 0 bridgehead atoms. The van der Waals surface area contributed by atoms with Gasteiger partial charge in [0.15, 0.2) is 5.78 Å². The minimum absolute atomic E-state index is 0.0178. The summed E-state index contributed by atoms with van der Waals surface area (Å²) in [5, 5.41) is 6.11. The van der Waals surface area contributed by atoms with E-state index in [9.17, 15) is 9.59 Å². The molecule has 3 rings (SSSR count). The number of para-hydroxylation sites is 1. The molecule has 0 saturated heterocycles. The van der Waals surface area contributed by atoms with E-state index in [2.05, 4.69) is 10.6 Å². The molecule has 0 aromatic heterocycles. The summed E-state index contributed by atoms with van der Waals surface area (Å²) in [5.74, 6) is 0.0178. The number of urea groups is 1. The van der Waals surface area contributed by atoms with Crippen LogP contribution in [0.15, 0.2) is 78.9 Å². The first kappa shape index (κ1) is 17.7. The summed E-state index contributed by atoms with van der Waals surface area (Å²) in [6.07, 6.45) is 0.290. The molecule has 0 atom stereocenters. The van der Waals surface area contributed by atoms with Gasteiger partial charge in [0.1, 0.15) is 0 Å². The van der Waals surface area contributed by atoms with Crippen LogP contribution in [0.1, 0.15) is 15.9 Å². The quantitative estimate of drug-likeness (QED) is 0.595. The van der Waals surface area contributed by atoms with Crippen LogP contribution in [-0.4, -0.2) is 11.8 Å². The highest BCUT2D eigenvalue weighted by Crippen LogP contribution is 2.15. The smallest absolute Gasteiger partial charge is 0.308 e. The number of hydrogen-bond donors (Lipinski definition) is 2. The van der Waals surface area contributed by atoms with Crippen molar-refractivity contribution in [3.8, 4) is 0 Å². The maximum absolute atomic E-state index is 12.3. The molecule has 0 aliphatic rings. The lowest BCUT2D eigenvalue weighted by atomic mass is 10.0. The predicted molar refractivity (Wildman–Crippen MR) is 105 cm³/mol. The number of nitrogens with one attached hydrogen (secondary N) is 2. The third kappa shape index (κ3) is 4.94. The molecule has 0 aliphatic carbocycles. The van der Waals surface area contributed by atoms with Gasteiger partial charge in [-0.1, -0.05) is 41.9 Å². The first-order chi connectivity index (χ1) is 12.6. The summed E-state index contributed by atoms with van der Waals surface area (Å²) < 4.78 is 0. The Bertz CT molecular complexity index is 892. The molecule has 3 aromatic carbocycles. The highest BCUT2D eigenvalue weighted by atomic mass is 35.5. The average Bonchev–Trinajstić information content (AvgIpc) is 2.64. The van der Waals surface area contributed by atoms with Crippen molar-refractivity contribution in [2.24, 2.45) is 0 Å². The fourth-order valence-electron chi connectivity index (χ4n) is 2.44.